The van der Waals surface area contributed by atoms with Crippen molar-refractivity contribution in [2.75, 3.05) is 18.2 Å². The fourth-order valence-corrected chi connectivity index (χ4v) is 7.13. The number of thioether (sulfide) groups is 1. The van der Waals surface area contributed by atoms with Crippen molar-refractivity contribution in [2.24, 2.45) is 5.92 Å². The van der Waals surface area contributed by atoms with Crippen molar-refractivity contribution in [3.05, 3.63) is 15.9 Å². The Morgan fingerprint density at radius 3 is 2.81 bits per heavy atom. The van der Waals surface area contributed by atoms with Gasteiger partial charge in [0.1, 0.15) is 10.3 Å². The average Bonchev–Trinajstić information content (AvgIpc) is 3.04. The summed E-state index contributed by atoms with van der Waals surface area (Å²) < 4.78 is 27.6. The average molecular weight is 413 g/mol. The molecule has 0 bridgehead atoms. The number of halogens is 1. The second kappa shape index (κ2) is 6.99. The quantitative estimate of drug-likeness (QED) is 0.805. The Balaban J connectivity index is 2.16. The van der Waals surface area contributed by atoms with Crippen molar-refractivity contribution in [1.82, 2.24) is 9.62 Å². The van der Waals surface area contributed by atoms with E-state index in [0.29, 0.717) is 24.1 Å². The van der Waals surface area contributed by atoms with Crippen LogP contribution >= 0.6 is 39.0 Å². The van der Waals surface area contributed by atoms with E-state index in [9.17, 15) is 13.2 Å². The van der Waals surface area contributed by atoms with Crippen LogP contribution in [0.15, 0.2) is 20.1 Å². The number of rotatable bonds is 5. The smallest absolute Gasteiger partial charge is 0.254 e. The van der Waals surface area contributed by atoms with Gasteiger partial charge in [-0.1, -0.05) is 13.8 Å². The Morgan fingerprint density at radius 2 is 2.24 bits per heavy atom. The van der Waals surface area contributed by atoms with Crippen LogP contribution in [0.1, 0.15) is 13.8 Å². The van der Waals surface area contributed by atoms with E-state index >= 15 is 0 Å². The van der Waals surface area contributed by atoms with Gasteiger partial charge in [0.15, 0.2) is 0 Å². The van der Waals surface area contributed by atoms with Crippen molar-refractivity contribution in [3.8, 4) is 0 Å². The summed E-state index contributed by atoms with van der Waals surface area (Å²) in [5.74, 6) is 0.932. The number of carbonyl (C=O) groups excluding carboxylic acids is 1. The maximum absolute atomic E-state index is 12.6. The van der Waals surface area contributed by atoms with Crippen LogP contribution in [0.5, 0.6) is 0 Å². The number of sulfonamides is 1. The third-order valence-corrected chi connectivity index (χ3v) is 8.06. The van der Waals surface area contributed by atoms with E-state index in [1.165, 1.54) is 16.1 Å². The molecule has 2 rings (SSSR count). The molecular formula is C12H17BrN2O3S3. The summed E-state index contributed by atoms with van der Waals surface area (Å²) in [4.78, 5) is 12.2. The Kier molecular flexibility index (Phi) is 5.75. The molecule has 5 nitrogen and oxygen atoms in total. The van der Waals surface area contributed by atoms with E-state index in [2.05, 4.69) is 21.2 Å². The van der Waals surface area contributed by atoms with Gasteiger partial charge in [-0.25, -0.2) is 8.42 Å². The molecule has 1 aromatic rings. The lowest BCUT2D eigenvalue weighted by atomic mass is 10.2. The number of carbonyl (C=O) groups is 1. The van der Waals surface area contributed by atoms with Gasteiger partial charge in [-0.2, -0.15) is 4.31 Å². The van der Waals surface area contributed by atoms with Crippen LogP contribution in [-0.4, -0.2) is 42.8 Å². The number of hydrogen-bond acceptors (Lipinski definition) is 5. The summed E-state index contributed by atoms with van der Waals surface area (Å²) >= 11 is 5.89. The topological polar surface area (TPSA) is 66.5 Å². The first-order valence-corrected chi connectivity index (χ1v) is 10.7. The van der Waals surface area contributed by atoms with Gasteiger partial charge in [-0.05, 0) is 34.0 Å². The molecule has 2 heterocycles. The van der Waals surface area contributed by atoms with Crippen molar-refractivity contribution in [2.45, 2.75) is 24.1 Å². The van der Waals surface area contributed by atoms with Gasteiger partial charge in [0, 0.05) is 12.3 Å². The summed E-state index contributed by atoms with van der Waals surface area (Å²) in [5.41, 5.74) is 0. The Bertz CT molecular complexity index is 615. The monoisotopic (exact) mass is 412 g/mol. The molecule has 118 valence electrons. The molecule has 1 aliphatic heterocycles. The fourth-order valence-electron chi connectivity index (χ4n) is 1.85. The molecule has 1 amide bonds. The lowest BCUT2D eigenvalue weighted by Crippen LogP contribution is -2.47. The highest BCUT2D eigenvalue weighted by Gasteiger charge is 2.40. The summed E-state index contributed by atoms with van der Waals surface area (Å²) in [7, 11) is -3.61. The second-order valence-corrected chi connectivity index (χ2v) is 10.7. The molecule has 9 heteroatoms. The molecule has 1 aromatic heterocycles. The van der Waals surface area contributed by atoms with Crippen LogP contribution < -0.4 is 5.32 Å². The zero-order chi connectivity index (χ0) is 15.6. The molecule has 0 radical (unpaired) electrons. The number of nitrogens with zero attached hydrogens (tertiary/aromatic N) is 1. The highest BCUT2D eigenvalue weighted by atomic mass is 79.9. The molecular weight excluding hydrogens is 396 g/mol. The maximum Gasteiger partial charge on any atom is 0.254 e. The zero-order valence-electron chi connectivity index (χ0n) is 11.7. The summed E-state index contributed by atoms with van der Waals surface area (Å²) in [6.45, 7) is 4.56. The number of hydrogen-bond donors (Lipinski definition) is 1. The van der Waals surface area contributed by atoms with E-state index in [4.69, 9.17) is 0 Å². The lowest BCUT2D eigenvalue weighted by molar-refractivity contribution is -0.123. The van der Waals surface area contributed by atoms with Crippen LogP contribution in [-0.2, 0) is 14.8 Å². The van der Waals surface area contributed by atoms with E-state index in [-0.39, 0.29) is 10.1 Å². The maximum atomic E-state index is 12.6. The fraction of sp³-hybridized carbons (Fsp3) is 0.583. The molecule has 1 unspecified atom stereocenters. The third kappa shape index (κ3) is 4.01. The molecule has 0 saturated carbocycles. The molecule has 1 saturated heterocycles. The van der Waals surface area contributed by atoms with E-state index < -0.39 is 16.1 Å². The number of thiophene rings is 1. The first-order valence-electron chi connectivity index (χ1n) is 6.45. The SMILES string of the molecule is CC(C)CNC(=O)C1CSCN1S(=O)(=O)c1ccc(Br)s1. The molecule has 1 N–H and O–H groups in total. The Labute approximate surface area is 141 Å². The van der Waals surface area contributed by atoms with Gasteiger partial charge in [0.05, 0.1) is 9.66 Å². The van der Waals surface area contributed by atoms with Gasteiger partial charge in [0.25, 0.3) is 10.0 Å². The van der Waals surface area contributed by atoms with Crippen molar-refractivity contribution < 1.29 is 13.2 Å². The van der Waals surface area contributed by atoms with Gasteiger partial charge in [-0.3, -0.25) is 4.79 Å². The van der Waals surface area contributed by atoms with Crippen molar-refractivity contribution >= 4 is 55.0 Å². The van der Waals surface area contributed by atoms with Crippen LogP contribution in [0.2, 0.25) is 0 Å². The van der Waals surface area contributed by atoms with E-state index in [1.807, 2.05) is 13.8 Å². The number of nitrogens with one attached hydrogen (secondary N) is 1. The van der Waals surface area contributed by atoms with Gasteiger partial charge >= 0.3 is 0 Å². The molecule has 1 aliphatic rings. The highest BCUT2D eigenvalue weighted by molar-refractivity contribution is 9.11. The van der Waals surface area contributed by atoms with Crippen LogP contribution in [0, 0.1) is 5.92 Å². The minimum atomic E-state index is -3.61. The largest absolute Gasteiger partial charge is 0.354 e. The minimum absolute atomic E-state index is 0.215. The summed E-state index contributed by atoms with van der Waals surface area (Å²) in [6, 6.07) is 2.64. The molecule has 21 heavy (non-hydrogen) atoms. The first kappa shape index (κ1) is 17.3. The molecule has 0 aromatic carbocycles. The molecule has 0 aliphatic carbocycles. The second-order valence-electron chi connectivity index (χ2n) is 5.11. The van der Waals surface area contributed by atoms with Crippen molar-refractivity contribution in [1.29, 1.82) is 0 Å². The number of amides is 1. The Hall–Kier alpha value is -0.0900. The first-order chi connectivity index (χ1) is 9.82. The van der Waals surface area contributed by atoms with Crippen molar-refractivity contribution in [3.63, 3.8) is 0 Å². The molecule has 1 fully saturated rings. The molecule has 1 atom stereocenters. The van der Waals surface area contributed by atoms with Crippen LogP contribution in [0.25, 0.3) is 0 Å². The summed E-state index contributed by atoms with van der Waals surface area (Å²) in [6.07, 6.45) is 0. The normalized spacial score (nSPS) is 20.1. The third-order valence-electron chi connectivity index (χ3n) is 2.94. The van der Waals surface area contributed by atoms with Gasteiger partial charge < -0.3 is 5.32 Å². The predicted molar refractivity (Wildman–Crippen MR) is 90.0 cm³/mol. The van der Waals surface area contributed by atoms with E-state index in [0.717, 1.165) is 15.1 Å². The zero-order valence-corrected chi connectivity index (χ0v) is 15.7. The molecule has 0 spiro atoms. The van der Waals surface area contributed by atoms with E-state index in [1.54, 1.807) is 12.1 Å². The predicted octanol–water partition coefficient (Wildman–Crippen LogP) is 2.35. The Morgan fingerprint density at radius 1 is 1.52 bits per heavy atom. The van der Waals surface area contributed by atoms with Crippen LogP contribution in [0.3, 0.4) is 0 Å². The van der Waals surface area contributed by atoms with Gasteiger partial charge in [-0.15, -0.1) is 23.1 Å². The summed E-state index contributed by atoms with van der Waals surface area (Å²) in [5, 5.41) is 2.82. The lowest BCUT2D eigenvalue weighted by Gasteiger charge is -2.22. The standard InChI is InChI=1S/C12H17BrN2O3S3/c1-8(2)5-14-12(16)9-6-19-7-15(9)21(17,18)11-4-3-10(13)20-11/h3-4,8-9H,5-7H2,1-2H3,(H,14,16). The van der Waals surface area contributed by atoms with Gasteiger partial charge in [0.2, 0.25) is 5.91 Å². The van der Waals surface area contributed by atoms with Crippen LogP contribution in [0.4, 0.5) is 0 Å². The minimum Gasteiger partial charge on any atom is -0.354 e. The highest BCUT2D eigenvalue weighted by Crippen LogP contribution is 2.33.